The minimum atomic E-state index is -4.79. The van der Waals surface area contributed by atoms with Gasteiger partial charge in [0.05, 0.1) is 16.5 Å². The maximum absolute atomic E-state index is 13.7. The first kappa shape index (κ1) is 29.0. The quantitative estimate of drug-likeness (QED) is 0.227. The smallest absolute Gasteiger partial charge is 0.452 e. The Kier molecular flexibility index (Phi) is 8.36. The van der Waals surface area contributed by atoms with Gasteiger partial charge >= 0.3 is 12.1 Å². The molecule has 1 aliphatic rings. The molecule has 1 fully saturated rings. The summed E-state index contributed by atoms with van der Waals surface area (Å²) in [6.45, 7) is 2.95. The van der Waals surface area contributed by atoms with Crippen molar-refractivity contribution in [1.29, 1.82) is 0 Å². The third kappa shape index (κ3) is 6.96. The molecule has 0 saturated heterocycles. The molecule has 0 atom stereocenters. The van der Waals surface area contributed by atoms with Crippen molar-refractivity contribution in [2.24, 2.45) is 5.41 Å². The SMILES string of the molecule is CC(C)(C#Cc1ccc(CC(=O)CSc2nnc(C(F)(F)F)n2-c2ccc(C3CC3)cc2Cl)c(Cl)c1)C(=O)O. The predicted octanol–water partition coefficient (Wildman–Crippen LogP) is 6.84. The highest BCUT2D eigenvalue weighted by Gasteiger charge is 2.39. The summed E-state index contributed by atoms with van der Waals surface area (Å²) >= 11 is 13.5. The Balaban J connectivity index is 1.49. The fourth-order valence-corrected chi connectivity index (χ4v) is 4.92. The summed E-state index contributed by atoms with van der Waals surface area (Å²) in [4.78, 5) is 23.9. The lowest BCUT2D eigenvalue weighted by molar-refractivity contribution is -0.146. The van der Waals surface area contributed by atoms with Crippen LogP contribution in [-0.4, -0.2) is 37.4 Å². The number of benzene rings is 2. The number of nitrogens with zero attached hydrogens (tertiary/aromatic N) is 3. The second-order valence-electron chi connectivity index (χ2n) is 9.61. The summed E-state index contributed by atoms with van der Waals surface area (Å²) in [6, 6.07) is 9.68. The van der Waals surface area contributed by atoms with E-state index in [4.69, 9.17) is 23.2 Å². The Morgan fingerprint density at radius 1 is 1.10 bits per heavy atom. The fraction of sp³-hybridized carbons (Fsp3) is 0.333. The molecule has 2 aromatic carbocycles. The van der Waals surface area contributed by atoms with E-state index in [-0.39, 0.29) is 38.8 Å². The zero-order valence-electron chi connectivity index (χ0n) is 20.8. The van der Waals surface area contributed by atoms with Crippen LogP contribution in [0, 0.1) is 17.3 Å². The summed E-state index contributed by atoms with van der Waals surface area (Å²) < 4.78 is 42.0. The number of ketones is 1. The lowest BCUT2D eigenvalue weighted by Crippen LogP contribution is -2.21. The molecule has 6 nitrogen and oxygen atoms in total. The van der Waals surface area contributed by atoms with Crippen molar-refractivity contribution >= 4 is 46.7 Å². The van der Waals surface area contributed by atoms with Gasteiger partial charge in [-0.3, -0.25) is 14.2 Å². The van der Waals surface area contributed by atoms with Crippen LogP contribution in [0.4, 0.5) is 13.2 Å². The second kappa shape index (κ2) is 11.2. The number of thioether (sulfide) groups is 1. The van der Waals surface area contributed by atoms with E-state index >= 15 is 0 Å². The van der Waals surface area contributed by atoms with Crippen LogP contribution in [0.25, 0.3) is 5.69 Å². The van der Waals surface area contributed by atoms with Gasteiger partial charge in [-0.05, 0) is 68.0 Å². The van der Waals surface area contributed by atoms with Gasteiger partial charge in [-0.2, -0.15) is 13.2 Å². The van der Waals surface area contributed by atoms with Crippen molar-refractivity contribution in [3.8, 4) is 17.5 Å². The lowest BCUT2D eigenvalue weighted by atomic mass is 9.94. The summed E-state index contributed by atoms with van der Waals surface area (Å²) in [6.07, 6.45) is -2.83. The second-order valence-corrected chi connectivity index (χ2v) is 11.4. The summed E-state index contributed by atoms with van der Waals surface area (Å²) in [5.74, 6) is 3.03. The molecule has 0 amide bonds. The number of carbonyl (C=O) groups is 2. The van der Waals surface area contributed by atoms with E-state index in [1.165, 1.54) is 26.0 Å². The van der Waals surface area contributed by atoms with E-state index in [2.05, 4.69) is 22.0 Å². The normalized spacial score (nSPS) is 13.6. The van der Waals surface area contributed by atoms with Crippen molar-refractivity contribution < 1.29 is 27.9 Å². The van der Waals surface area contributed by atoms with E-state index < -0.39 is 23.4 Å². The van der Waals surface area contributed by atoms with Crippen molar-refractivity contribution in [2.75, 3.05) is 5.75 Å². The standard InChI is InChI=1S/C27H22Cl2F3N3O3S/c1-26(2,24(37)38)10-9-15-3-4-18(20(28)11-15)12-19(36)14-39-25-34-33-23(27(30,31)32)35(25)22-8-7-17(13-21(22)29)16-5-6-16/h3-4,7-8,11,13,16H,5-6,12,14H2,1-2H3,(H,37,38). The molecule has 4 rings (SSSR count). The van der Waals surface area contributed by atoms with Gasteiger partial charge in [0, 0.05) is 17.0 Å². The maximum Gasteiger partial charge on any atom is 0.452 e. The molecule has 1 aliphatic carbocycles. The van der Waals surface area contributed by atoms with Crippen molar-refractivity contribution in [1.82, 2.24) is 14.8 Å². The number of aromatic nitrogens is 3. The topological polar surface area (TPSA) is 85.1 Å². The zero-order valence-corrected chi connectivity index (χ0v) is 23.1. The highest BCUT2D eigenvalue weighted by Crippen LogP contribution is 2.42. The number of carbonyl (C=O) groups excluding carboxylic acids is 1. The van der Waals surface area contributed by atoms with Crippen LogP contribution in [-0.2, 0) is 22.2 Å². The van der Waals surface area contributed by atoms with Crippen LogP contribution in [0.5, 0.6) is 0 Å². The molecule has 204 valence electrons. The number of halogens is 5. The number of carboxylic acid groups (broad SMARTS) is 1. The van der Waals surface area contributed by atoms with Gasteiger partial charge in [-0.1, -0.05) is 58.9 Å². The van der Waals surface area contributed by atoms with Gasteiger partial charge < -0.3 is 5.11 Å². The van der Waals surface area contributed by atoms with Crippen molar-refractivity contribution in [2.45, 2.75) is 50.4 Å². The average Bonchev–Trinajstić information content (AvgIpc) is 3.61. The average molecular weight is 596 g/mol. The van der Waals surface area contributed by atoms with Crippen LogP contribution in [0.1, 0.15) is 55.1 Å². The summed E-state index contributed by atoms with van der Waals surface area (Å²) in [7, 11) is 0. The molecule has 1 N–H and O–H groups in total. The van der Waals surface area contributed by atoms with Gasteiger partial charge in [0.1, 0.15) is 11.2 Å². The Hall–Kier alpha value is -3.00. The first-order valence-electron chi connectivity index (χ1n) is 11.8. The molecule has 1 aromatic heterocycles. The highest BCUT2D eigenvalue weighted by molar-refractivity contribution is 7.99. The van der Waals surface area contributed by atoms with E-state index in [1.807, 2.05) is 0 Å². The summed E-state index contributed by atoms with van der Waals surface area (Å²) in [5.41, 5.74) is 0.793. The van der Waals surface area contributed by atoms with E-state index in [9.17, 15) is 27.9 Å². The van der Waals surface area contributed by atoms with Gasteiger partial charge in [0.15, 0.2) is 5.16 Å². The summed E-state index contributed by atoms with van der Waals surface area (Å²) in [5, 5.41) is 16.5. The van der Waals surface area contributed by atoms with Crippen LogP contribution in [0.2, 0.25) is 10.0 Å². The Bertz CT molecular complexity index is 1510. The third-order valence-electron chi connectivity index (χ3n) is 6.01. The molecule has 39 heavy (non-hydrogen) atoms. The number of carboxylic acids is 1. The molecule has 3 aromatic rings. The Morgan fingerprint density at radius 3 is 2.41 bits per heavy atom. The molecule has 1 heterocycles. The van der Waals surface area contributed by atoms with Gasteiger partial charge in [-0.25, -0.2) is 0 Å². The molecule has 12 heteroatoms. The molecule has 0 aliphatic heterocycles. The Labute approximate surface area is 236 Å². The lowest BCUT2D eigenvalue weighted by Gasteiger charge is -2.14. The van der Waals surface area contributed by atoms with Crippen LogP contribution < -0.4 is 0 Å². The first-order chi connectivity index (χ1) is 18.3. The van der Waals surface area contributed by atoms with Crippen LogP contribution >= 0.6 is 35.0 Å². The molecule has 0 radical (unpaired) electrons. The number of hydrogen-bond donors (Lipinski definition) is 1. The van der Waals surface area contributed by atoms with Crippen molar-refractivity contribution in [3.63, 3.8) is 0 Å². The molecule has 1 saturated carbocycles. The number of alkyl halides is 3. The molecular weight excluding hydrogens is 574 g/mol. The Morgan fingerprint density at radius 2 is 1.82 bits per heavy atom. The fourth-order valence-electron chi connectivity index (χ4n) is 3.60. The molecule has 0 bridgehead atoms. The van der Waals surface area contributed by atoms with Crippen molar-refractivity contribution in [3.05, 3.63) is 69.0 Å². The number of rotatable bonds is 8. The number of hydrogen-bond acceptors (Lipinski definition) is 5. The van der Waals surface area contributed by atoms with Gasteiger partial charge in [0.2, 0.25) is 5.82 Å². The highest BCUT2D eigenvalue weighted by atomic mass is 35.5. The largest absolute Gasteiger partial charge is 0.480 e. The monoisotopic (exact) mass is 595 g/mol. The van der Waals surface area contributed by atoms with E-state index in [1.54, 1.807) is 24.3 Å². The third-order valence-corrected chi connectivity index (χ3v) is 7.65. The predicted molar refractivity (Wildman–Crippen MR) is 143 cm³/mol. The van der Waals surface area contributed by atoms with Crippen LogP contribution in [0.15, 0.2) is 41.6 Å². The minimum absolute atomic E-state index is 0.0722. The zero-order chi connectivity index (χ0) is 28.5. The molecule has 0 spiro atoms. The minimum Gasteiger partial charge on any atom is -0.480 e. The number of aliphatic carboxylic acids is 1. The van der Waals surface area contributed by atoms with E-state index in [0.717, 1.165) is 34.7 Å². The van der Waals surface area contributed by atoms with E-state index in [0.29, 0.717) is 17.0 Å². The van der Waals surface area contributed by atoms with Gasteiger partial charge in [0.25, 0.3) is 0 Å². The maximum atomic E-state index is 13.7. The van der Waals surface area contributed by atoms with Crippen LogP contribution in [0.3, 0.4) is 0 Å². The molecular formula is C27H22Cl2F3N3O3S. The molecule has 0 unspecified atom stereocenters. The number of Topliss-reactive ketones (excluding diaryl/α,β-unsaturated/α-hetero) is 1. The first-order valence-corrected chi connectivity index (χ1v) is 13.5. The van der Waals surface area contributed by atoms with Gasteiger partial charge in [-0.15, -0.1) is 10.2 Å².